The van der Waals surface area contributed by atoms with Crippen molar-refractivity contribution in [1.29, 1.82) is 0 Å². The molecule has 176 valence electrons. The van der Waals surface area contributed by atoms with E-state index in [1.165, 1.54) is 11.3 Å². The predicted octanol–water partition coefficient (Wildman–Crippen LogP) is 6.24. The second-order valence-electron chi connectivity index (χ2n) is 9.12. The topological polar surface area (TPSA) is 54.3 Å². The number of aromatic nitrogens is 1. The van der Waals surface area contributed by atoms with Crippen molar-refractivity contribution in [3.63, 3.8) is 0 Å². The number of amides is 2. The van der Waals surface area contributed by atoms with Gasteiger partial charge in [0.25, 0.3) is 11.8 Å². The van der Waals surface area contributed by atoms with Gasteiger partial charge in [0.1, 0.15) is 0 Å². The molecule has 1 aromatic heterocycles. The molecule has 4 aromatic rings. The van der Waals surface area contributed by atoms with Crippen molar-refractivity contribution in [2.45, 2.75) is 26.2 Å². The molecule has 0 aliphatic carbocycles. The third-order valence-corrected chi connectivity index (χ3v) is 6.68. The minimum absolute atomic E-state index is 0.0121. The summed E-state index contributed by atoms with van der Waals surface area (Å²) in [5.41, 5.74) is 7.14. The Morgan fingerprint density at radius 2 is 1.60 bits per heavy atom. The summed E-state index contributed by atoms with van der Waals surface area (Å²) >= 11 is 0. The van der Waals surface area contributed by atoms with Gasteiger partial charge in [0.05, 0.1) is 5.69 Å². The van der Waals surface area contributed by atoms with Crippen LogP contribution in [0.15, 0.2) is 85.1 Å². The number of carbonyl (C=O) groups excluding carboxylic acids is 2. The number of hydrogen-bond donors (Lipinski definition) is 1. The van der Waals surface area contributed by atoms with Gasteiger partial charge in [-0.05, 0) is 73.7 Å². The Hall–Kier alpha value is -4.12. The Kier molecular flexibility index (Phi) is 6.23. The van der Waals surface area contributed by atoms with Gasteiger partial charge >= 0.3 is 0 Å². The third-order valence-electron chi connectivity index (χ3n) is 6.68. The molecule has 0 bridgehead atoms. The molecule has 1 aliphatic heterocycles. The zero-order valence-electron chi connectivity index (χ0n) is 20.1. The highest BCUT2D eigenvalue weighted by Gasteiger charge is 2.24. The summed E-state index contributed by atoms with van der Waals surface area (Å²) in [6.45, 7) is 2.76. The molecular formula is C30H29N3O2. The lowest BCUT2D eigenvalue weighted by atomic mass is 9.98. The molecule has 0 saturated heterocycles. The Balaban J connectivity index is 1.34. The van der Waals surface area contributed by atoms with Crippen LogP contribution in [-0.4, -0.2) is 22.9 Å². The van der Waals surface area contributed by atoms with E-state index >= 15 is 0 Å². The Labute approximate surface area is 206 Å². The van der Waals surface area contributed by atoms with E-state index < -0.39 is 0 Å². The molecule has 1 aliphatic rings. The van der Waals surface area contributed by atoms with Gasteiger partial charge in [0.15, 0.2) is 0 Å². The van der Waals surface area contributed by atoms with Crippen LogP contribution in [0.2, 0.25) is 0 Å². The first-order valence-corrected chi connectivity index (χ1v) is 12.0. The maximum absolute atomic E-state index is 13.3. The van der Waals surface area contributed by atoms with Crippen LogP contribution in [0.25, 0.3) is 11.1 Å². The number of carbonyl (C=O) groups is 2. The Morgan fingerprint density at radius 1 is 0.857 bits per heavy atom. The molecule has 3 aromatic carbocycles. The molecule has 5 nitrogen and oxygen atoms in total. The normalized spacial score (nSPS) is 13.1. The van der Waals surface area contributed by atoms with Crippen LogP contribution in [0, 0.1) is 6.92 Å². The maximum atomic E-state index is 13.3. The third kappa shape index (κ3) is 4.62. The van der Waals surface area contributed by atoms with Crippen LogP contribution < -0.4 is 10.2 Å². The first kappa shape index (κ1) is 22.7. The predicted molar refractivity (Wildman–Crippen MR) is 141 cm³/mol. The summed E-state index contributed by atoms with van der Waals surface area (Å²) in [6.07, 6.45) is 5.06. The van der Waals surface area contributed by atoms with Crippen molar-refractivity contribution in [3.8, 4) is 11.1 Å². The summed E-state index contributed by atoms with van der Waals surface area (Å²) in [4.78, 5) is 28.3. The number of aryl methyl sites for hydroxylation is 2. The lowest BCUT2D eigenvalue weighted by molar-refractivity contribution is 0.0985. The van der Waals surface area contributed by atoms with E-state index in [1.807, 2.05) is 79.7 Å². The quantitative estimate of drug-likeness (QED) is 0.390. The highest BCUT2D eigenvalue weighted by Crippen LogP contribution is 2.29. The molecule has 0 saturated carbocycles. The first-order valence-electron chi connectivity index (χ1n) is 12.0. The maximum Gasteiger partial charge on any atom is 0.258 e. The van der Waals surface area contributed by atoms with E-state index in [1.54, 1.807) is 24.3 Å². The number of rotatable bonds is 4. The molecule has 0 spiro atoms. The van der Waals surface area contributed by atoms with E-state index in [2.05, 4.69) is 9.88 Å². The molecule has 1 N–H and O–H groups in total. The van der Waals surface area contributed by atoms with Gasteiger partial charge < -0.3 is 14.8 Å². The number of nitrogens with zero attached hydrogens (tertiary/aromatic N) is 2. The van der Waals surface area contributed by atoms with Gasteiger partial charge in [-0.3, -0.25) is 9.59 Å². The first-order chi connectivity index (χ1) is 17.0. The van der Waals surface area contributed by atoms with Crippen molar-refractivity contribution >= 4 is 23.2 Å². The zero-order chi connectivity index (χ0) is 24.4. The van der Waals surface area contributed by atoms with E-state index in [0.29, 0.717) is 23.4 Å². The van der Waals surface area contributed by atoms with Crippen LogP contribution in [0.3, 0.4) is 0 Å². The minimum Gasteiger partial charge on any atom is -0.353 e. The Bertz CT molecular complexity index is 1370. The van der Waals surface area contributed by atoms with E-state index in [0.717, 1.165) is 36.1 Å². The molecule has 5 heteroatoms. The second kappa shape index (κ2) is 9.63. The van der Waals surface area contributed by atoms with Crippen molar-refractivity contribution in [2.24, 2.45) is 7.05 Å². The smallest absolute Gasteiger partial charge is 0.258 e. The van der Waals surface area contributed by atoms with Crippen molar-refractivity contribution in [1.82, 2.24) is 4.57 Å². The Morgan fingerprint density at radius 3 is 2.37 bits per heavy atom. The molecule has 0 atom stereocenters. The van der Waals surface area contributed by atoms with Crippen molar-refractivity contribution in [3.05, 3.63) is 107 Å². The average molecular weight is 464 g/mol. The molecule has 35 heavy (non-hydrogen) atoms. The molecule has 0 unspecified atom stereocenters. The molecule has 2 heterocycles. The number of fused-ring (bicyclic) bond motifs is 1. The van der Waals surface area contributed by atoms with E-state index in [-0.39, 0.29) is 11.8 Å². The van der Waals surface area contributed by atoms with Crippen LogP contribution >= 0.6 is 0 Å². The number of nitrogens with one attached hydrogen (secondary N) is 1. The standard InChI is InChI=1S/C30H29N3O2/c1-21-10-12-22(13-11-21)25-7-3-4-8-26(25)29(34)31-24-16-14-23(15-17-24)30(35)33-19-6-5-9-27-28(33)18-20-32(27)2/h3-4,7-8,10-18,20H,5-6,9,19H2,1-2H3,(H,31,34). The van der Waals surface area contributed by atoms with Crippen molar-refractivity contribution < 1.29 is 9.59 Å². The van der Waals surface area contributed by atoms with Gasteiger partial charge in [0, 0.05) is 42.3 Å². The fourth-order valence-corrected chi connectivity index (χ4v) is 4.71. The lowest BCUT2D eigenvalue weighted by Gasteiger charge is -2.21. The lowest BCUT2D eigenvalue weighted by Crippen LogP contribution is -2.31. The van der Waals surface area contributed by atoms with Crippen LogP contribution in [0.4, 0.5) is 11.4 Å². The SMILES string of the molecule is Cc1ccc(-c2ccccc2C(=O)Nc2ccc(C(=O)N3CCCCc4c3ccn4C)cc2)cc1. The number of hydrogen-bond acceptors (Lipinski definition) is 2. The van der Waals surface area contributed by atoms with Gasteiger partial charge in [-0.2, -0.15) is 0 Å². The average Bonchev–Trinajstić information content (AvgIpc) is 3.10. The van der Waals surface area contributed by atoms with Crippen LogP contribution in [-0.2, 0) is 13.5 Å². The largest absolute Gasteiger partial charge is 0.353 e. The highest BCUT2D eigenvalue weighted by molar-refractivity contribution is 6.09. The fourth-order valence-electron chi connectivity index (χ4n) is 4.71. The second-order valence-corrected chi connectivity index (χ2v) is 9.12. The van der Waals surface area contributed by atoms with Crippen molar-refractivity contribution in [2.75, 3.05) is 16.8 Å². The summed E-state index contributed by atoms with van der Waals surface area (Å²) in [5, 5.41) is 2.99. The summed E-state index contributed by atoms with van der Waals surface area (Å²) in [6, 6.07) is 24.9. The molecule has 0 fully saturated rings. The van der Waals surface area contributed by atoms with Gasteiger partial charge in [-0.25, -0.2) is 0 Å². The van der Waals surface area contributed by atoms with Crippen LogP contribution in [0.1, 0.15) is 44.8 Å². The van der Waals surface area contributed by atoms with Gasteiger partial charge in [-0.15, -0.1) is 0 Å². The van der Waals surface area contributed by atoms with E-state index in [4.69, 9.17) is 0 Å². The number of benzene rings is 3. The molecule has 0 radical (unpaired) electrons. The minimum atomic E-state index is -0.179. The summed E-state index contributed by atoms with van der Waals surface area (Å²) in [5.74, 6) is -0.191. The molecular weight excluding hydrogens is 434 g/mol. The summed E-state index contributed by atoms with van der Waals surface area (Å²) < 4.78 is 2.11. The summed E-state index contributed by atoms with van der Waals surface area (Å²) in [7, 11) is 2.03. The fraction of sp³-hybridized carbons (Fsp3) is 0.200. The molecule has 5 rings (SSSR count). The van der Waals surface area contributed by atoms with E-state index in [9.17, 15) is 9.59 Å². The molecule has 2 amide bonds. The highest BCUT2D eigenvalue weighted by atomic mass is 16.2. The van der Waals surface area contributed by atoms with Crippen LogP contribution in [0.5, 0.6) is 0 Å². The van der Waals surface area contributed by atoms with Gasteiger partial charge in [0.2, 0.25) is 0 Å². The van der Waals surface area contributed by atoms with Gasteiger partial charge in [-0.1, -0.05) is 48.0 Å². The zero-order valence-corrected chi connectivity index (χ0v) is 20.1. The number of anilines is 2. The monoisotopic (exact) mass is 463 g/mol.